The smallest absolute Gasteiger partial charge is 0.343 e. The van der Waals surface area contributed by atoms with Crippen molar-refractivity contribution in [1.29, 1.82) is 0 Å². The number of anilines is 1. The van der Waals surface area contributed by atoms with E-state index in [1.54, 1.807) is 12.1 Å². The molecule has 15 nitrogen and oxygen atoms in total. The minimum Gasteiger partial charge on any atom is -0.490 e. The van der Waals surface area contributed by atoms with Gasteiger partial charge in [-0.3, -0.25) is 10.2 Å². The largest absolute Gasteiger partial charge is 0.490 e. The van der Waals surface area contributed by atoms with Crippen LogP contribution in [0.4, 0.5) is 5.13 Å². The lowest BCUT2D eigenvalue weighted by atomic mass is 10.2. The molecule has 1 N–H and O–H groups in total. The third-order valence-electron chi connectivity index (χ3n) is 7.48. The minimum atomic E-state index is -0.946. The fourth-order valence-corrected chi connectivity index (χ4v) is 5.44. The predicted octanol–water partition coefficient (Wildman–Crippen LogP) is 6.49. The number of ether oxygens (including phenoxy) is 7. The van der Waals surface area contributed by atoms with E-state index in [9.17, 15) is 24.0 Å². The molecule has 0 bridgehead atoms. The number of benzene rings is 4. The summed E-state index contributed by atoms with van der Waals surface area (Å²) < 4.78 is 38.7. The second kappa shape index (κ2) is 21.0. The maximum atomic E-state index is 13.3. The zero-order valence-electron chi connectivity index (χ0n) is 30.7. The maximum absolute atomic E-state index is 13.3. The van der Waals surface area contributed by atoms with Crippen LogP contribution >= 0.6 is 11.3 Å². The summed E-state index contributed by atoms with van der Waals surface area (Å²) in [5, 5.41) is 4.81. The van der Waals surface area contributed by atoms with Crippen molar-refractivity contribution in [3.05, 3.63) is 146 Å². The molecule has 1 aromatic heterocycles. The van der Waals surface area contributed by atoms with Gasteiger partial charge in [-0.1, -0.05) is 43.2 Å². The van der Waals surface area contributed by atoms with Crippen LogP contribution < -0.4 is 24.4 Å². The van der Waals surface area contributed by atoms with Gasteiger partial charge in [-0.2, -0.15) is 5.10 Å². The highest BCUT2D eigenvalue weighted by atomic mass is 32.1. The van der Waals surface area contributed by atoms with Gasteiger partial charge in [0.1, 0.15) is 42.8 Å². The van der Waals surface area contributed by atoms with Crippen molar-refractivity contribution in [2.45, 2.75) is 6.10 Å². The molecule has 58 heavy (non-hydrogen) atoms. The number of rotatable bonds is 21. The molecule has 4 aromatic carbocycles. The summed E-state index contributed by atoms with van der Waals surface area (Å²) >= 11 is 1.39. The summed E-state index contributed by atoms with van der Waals surface area (Å²) in [6.45, 7) is 9.25. The Labute approximate surface area is 335 Å². The predicted molar refractivity (Wildman–Crippen MR) is 213 cm³/mol. The number of hydrazone groups is 1. The van der Waals surface area contributed by atoms with Gasteiger partial charge in [-0.25, -0.2) is 24.2 Å². The van der Waals surface area contributed by atoms with Crippen molar-refractivity contribution in [1.82, 2.24) is 4.98 Å². The van der Waals surface area contributed by atoms with Crippen LogP contribution in [0.1, 0.15) is 26.3 Å². The van der Waals surface area contributed by atoms with E-state index in [1.807, 2.05) is 24.3 Å². The van der Waals surface area contributed by atoms with Gasteiger partial charge >= 0.3 is 23.9 Å². The third-order valence-corrected chi connectivity index (χ3v) is 8.42. The number of aromatic nitrogens is 1. The van der Waals surface area contributed by atoms with Crippen LogP contribution in [0.5, 0.6) is 23.0 Å². The summed E-state index contributed by atoms with van der Waals surface area (Å²) in [4.78, 5) is 65.3. The highest BCUT2D eigenvalue weighted by molar-refractivity contribution is 7.22. The van der Waals surface area contributed by atoms with Gasteiger partial charge in [-0.15, -0.1) is 0 Å². The molecule has 0 saturated carbocycles. The number of nitrogens with one attached hydrogen (secondary N) is 1. The first kappa shape index (κ1) is 41.7. The fourth-order valence-electron chi connectivity index (χ4n) is 4.62. The molecule has 16 heteroatoms. The average Bonchev–Trinajstić information content (AvgIpc) is 3.67. The van der Waals surface area contributed by atoms with Gasteiger partial charge in [0.2, 0.25) is 5.13 Å². The monoisotopic (exact) mass is 805 g/mol. The maximum Gasteiger partial charge on any atom is 0.343 e. The molecule has 0 amide bonds. The molecule has 1 atom stereocenters. The number of carbonyl (C=O) groups excluding carboxylic acids is 5. The lowest BCUT2D eigenvalue weighted by molar-refractivity contribution is -0.154. The Kier molecular flexibility index (Phi) is 15.1. The second-order valence-corrected chi connectivity index (χ2v) is 12.6. The van der Waals surface area contributed by atoms with Gasteiger partial charge < -0.3 is 33.2 Å². The summed E-state index contributed by atoms with van der Waals surface area (Å²) in [5.74, 6) is -2.17. The van der Waals surface area contributed by atoms with E-state index in [0.717, 1.165) is 28.4 Å². The van der Waals surface area contributed by atoms with E-state index >= 15 is 0 Å². The lowest BCUT2D eigenvalue weighted by Crippen LogP contribution is -2.30. The number of hydrogen-bond donors (Lipinski definition) is 1. The number of nitrogens with zero attached hydrogens (tertiary/aromatic N) is 2. The van der Waals surface area contributed by atoms with Gasteiger partial charge in [-0.05, 0) is 84.9 Å². The molecule has 0 radical (unpaired) electrons. The molecule has 296 valence electrons. The van der Waals surface area contributed by atoms with Crippen molar-refractivity contribution in [2.24, 2.45) is 5.10 Å². The number of fused-ring (bicyclic) bond motifs is 1. The number of para-hydroxylation sites is 1. The highest BCUT2D eigenvalue weighted by Crippen LogP contribution is 2.27. The molecule has 0 aliphatic heterocycles. The van der Waals surface area contributed by atoms with E-state index in [0.29, 0.717) is 16.6 Å². The first-order valence-electron chi connectivity index (χ1n) is 17.2. The third kappa shape index (κ3) is 12.6. The normalized spacial score (nSPS) is 11.2. The molecule has 0 fully saturated rings. The Morgan fingerprint density at radius 2 is 1.40 bits per heavy atom. The molecule has 1 unspecified atom stereocenters. The molecule has 0 spiro atoms. The zero-order chi connectivity index (χ0) is 41.3. The molecular formula is C42H35N3O12S. The van der Waals surface area contributed by atoms with Crippen LogP contribution in [0.3, 0.4) is 0 Å². The molecule has 5 rings (SSSR count). The SMILES string of the molecule is C=CC(=O)COCOc1ccc(C(=O)Oc2ccc(OC(=O)c3ccc(OCC(COC(=O)C=C)OC(=O)C=C)cc3)c(/C=N/Nc3nc4ccccc4s3)c2)cc1. The lowest BCUT2D eigenvalue weighted by Gasteiger charge is -2.17. The first-order valence-corrected chi connectivity index (χ1v) is 18.0. The summed E-state index contributed by atoms with van der Waals surface area (Å²) in [5.41, 5.74) is 4.34. The standard InChI is InChI=1S/C42H35N3O12S/c1-4-30(46)23-51-26-54-32-17-13-27(14-18-32)40(49)56-33-19-20-36(29(21-33)22-43-45-42-44-35-9-7-8-10-37(35)58-42)57-41(50)28-11-15-31(16-12-28)52-24-34(55-39(48)6-3)25-53-38(47)5-2/h4-22,34H,1-3,23-26H2,(H,44,45)/b43-22+. The zero-order valence-corrected chi connectivity index (χ0v) is 31.5. The van der Waals surface area contributed by atoms with Crippen molar-refractivity contribution < 1.29 is 57.1 Å². The van der Waals surface area contributed by atoms with Crippen LogP contribution in [0, 0.1) is 0 Å². The van der Waals surface area contributed by atoms with E-state index in [1.165, 1.54) is 72.1 Å². The summed E-state index contributed by atoms with van der Waals surface area (Å²) in [6, 6.07) is 24.0. The molecular weight excluding hydrogens is 771 g/mol. The van der Waals surface area contributed by atoms with E-state index in [2.05, 4.69) is 35.2 Å². The van der Waals surface area contributed by atoms with Crippen molar-refractivity contribution >= 4 is 62.6 Å². The molecule has 0 aliphatic rings. The number of thiazole rings is 1. The Hall–Kier alpha value is -7.43. The quantitative estimate of drug-likeness (QED) is 0.0161. The van der Waals surface area contributed by atoms with E-state index < -0.39 is 30.0 Å². The number of ketones is 1. The Balaban J connectivity index is 1.26. The first-order chi connectivity index (χ1) is 28.1. The van der Waals surface area contributed by atoms with Crippen molar-refractivity contribution in [3.63, 3.8) is 0 Å². The number of hydrogen-bond acceptors (Lipinski definition) is 16. The average molecular weight is 806 g/mol. The topological polar surface area (TPSA) is 187 Å². The van der Waals surface area contributed by atoms with Gasteiger partial charge in [0, 0.05) is 17.7 Å². The molecule has 1 heterocycles. The summed E-state index contributed by atoms with van der Waals surface area (Å²) in [7, 11) is 0. The second-order valence-electron chi connectivity index (χ2n) is 11.6. The van der Waals surface area contributed by atoms with Crippen LogP contribution in [-0.2, 0) is 28.6 Å². The van der Waals surface area contributed by atoms with Crippen LogP contribution in [0.25, 0.3) is 10.2 Å². The van der Waals surface area contributed by atoms with E-state index in [-0.39, 0.29) is 60.6 Å². The van der Waals surface area contributed by atoms with Gasteiger partial charge in [0.25, 0.3) is 0 Å². The minimum absolute atomic E-state index is 0.0967. The number of esters is 4. The van der Waals surface area contributed by atoms with Crippen LogP contribution in [0.2, 0.25) is 0 Å². The van der Waals surface area contributed by atoms with Crippen LogP contribution in [-0.4, -0.2) is 73.6 Å². The fraction of sp³-hybridized carbons (Fsp3) is 0.119. The summed E-state index contributed by atoms with van der Waals surface area (Å²) in [6.07, 6.45) is 3.54. The molecule has 0 aliphatic carbocycles. The van der Waals surface area contributed by atoms with Gasteiger partial charge in [0.15, 0.2) is 18.7 Å². The Morgan fingerprint density at radius 3 is 2.07 bits per heavy atom. The highest BCUT2D eigenvalue weighted by Gasteiger charge is 2.18. The van der Waals surface area contributed by atoms with Crippen molar-refractivity contribution in [2.75, 3.05) is 32.0 Å². The van der Waals surface area contributed by atoms with E-state index in [4.69, 9.17) is 33.2 Å². The Morgan fingerprint density at radius 1 is 0.741 bits per heavy atom. The molecule has 0 saturated heterocycles. The van der Waals surface area contributed by atoms with Gasteiger partial charge in [0.05, 0.1) is 27.6 Å². The van der Waals surface area contributed by atoms with Crippen LogP contribution in [0.15, 0.2) is 134 Å². The molecule has 5 aromatic rings. The Bertz CT molecular complexity index is 2290. The van der Waals surface area contributed by atoms with Crippen molar-refractivity contribution in [3.8, 4) is 23.0 Å². The number of carbonyl (C=O) groups is 5.